The summed E-state index contributed by atoms with van der Waals surface area (Å²) in [4.78, 5) is 39.1. The first-order chi connectivity index (χ1) is 13.3. The van der Waals surface area contributed by atoms with Crippen LogP contribution in [0.3, 0.4) is 0 Å². The molecule has 0 bridgehead atoms. The van der Waals surface area contributed by atoms with Gasteiger partial charge in [-0.05, 0) is 37.8 Å². The number of ether oxygens (including phenoxy) is 2. The topological polar surface area (TPSA) is 97.5 Å². The highest BCUT2D eigenvalue weighted by Crippen LogP contribution is 2.20. The molecule has 1 heterocycles. The van der Waals surface area contributed by atoms with Gasteiger partial charge in [-0.15, -0.1) is 0 Å². The van der Waals surface area contributed by atoms with Crippen molar-refractivity contribution in [2.24, 2.45) is 0 Å². The first-order valence-corrected chi connectivity index (χ1v) is 9.20. The minimum absolute atomic E-state index is 0.140. The van der Waals surface area contributed by atoms with Gasteiger partial charge in [0.05, 0.1) is 12.2 Å². The van der Waals surface area contributed by atoms with Crippen LogP contribution in [0, 0.1) is 13.8 Å². The Kier molecular flexibility index (Phi) is 7.37. The normalized spacial score (nSPS) is 11.6. The van der Waals surface area contributed by atoms with Crippen molar-refractivity contribution in [3.8, 4) is 0 Å². The average molecular weight is 386 g/mol. The van der Waals surface area contributed by atoms with Gasteiger partial charge in [0.2, 0.25) is 0 Å². The number of H-pyrrole nitrogens is 1. The lowest BCUT2D eigenvalue weighted by molar-refractivity contribution is -0.124. The van der Waals surface area contributed by atoms with Crippen LogP contribution in [0.2, 0.25) is 0 Å². The van der Waals surface area contributed by atoms with Gasteiger partial charge in [-0.3, -0.25) is 4.79 Å². The molecule has 0 aliphatic heterocycles. The van der Waals surface area contributed by atoms with Gasteiger partial charge in [0.1, 0.15) is 5.69 Å². The van der Waals surface area contributed by atoms with E-state index in [1.807, 2.05) is 37.3 Å². The van der Waals surface area contributed by atoms with E-state index in [0.717, 1.165) is 5.56 Å². The van der Waals surface area contributed by atoms with Crippen molar-refractivity contribution in [2.45, 2.75) is 33.6 Å². The summed E-state index contributed by atoms with van der Waals surface area (Å²) in [5, 5.41) is 2.75. The number of hydrogen-bond donors (Lipinski definition) is 2. The number of aromatic nitrogens is 1. The van der Waals surface area contributed by atoms with Gasteiger partial charge < -0.3 is 19.8 Å². The van der Waals surface area contributed by atoms with E-state index >= 15 is 0 Å². The lowest BCUT2D eigenvalue weighted by Crippen LogP contribution is -2.31. The number of hydrogen-bond acceptors (Lipinski definition) is 5. The lowest BCUT2D eigenvalue weighted by Gasteiger charge is -2.13. The summed E-state index contributed by atoms with van der Waals surface area (Å²) in [6, 6.07) is 9.82. The number of nitrogens with one attached hydrogen (secondary N) is 2. The van der Waals surface area contributed by atoms with Gasteiger partial charge in [0, 0.05) is 12.2 Å². The number of aryl methyl sites for hydroxylation is 1. The molecule has 1 aromatic heterocycles. The summed E-state index contributed by atoms with van der Waals surface area (Å²) in [5.41, 5.74) is 2.54. The van der Waals surface area contributed by atoms with Gasteiger partial charge >= 0.3 is 11.9 Å². The Labute approximate surface area is 164 Å². The third-order valence-electron chi connectivity index (χ3n) is 4.43. The molecule has 1 aromatic carbocycles. The van der Waals surface area contributed by atoms with Gasteiger partial charge in [0.25, 0.3) is 5.91 Å². The molecule has 2 N–H and O–H groups in total. The highest BCUT2D eigenvalue weighted by molar-refractivity contribution is 5.99. The Morgan fingerprint density at radius 2 is 1.75 bits per heavy atom. The molecule has 0 unspecified atom stereocenters. The molecule has 0 aliphatic rings. The minimum atomic E-state index is -0.692. The SMILES string of the molecule is CCOC(=O)c1c(C)[nH]c(C(=O)OCC(=O)NC[C@H](C)c2ccccc2)c1C. The van der Waals surface area contributed by atoms with Crippen molar-refractivity contribution in [2.75, 3.05) is 19.8 Å². The summed E-state index contributed by atoms with van der Waals surface area (Å²) in [7, 11) is 0. The molecule has 0 spiro atoms. The molecule has 2 aromatic rings. The summed E-state index contributed by atoms with van der Waals surface area (Å²) in [6.45, 7) is 7.30. The van der Waals surface area contributed by atoms with Crippen molar-refractivity contribution in [1.29, 1.82) is 0 Å². The predicted octanol–water partition coefficient (Wildman–Crippen LogP) is 2.88. The van der Waals surface area contributed by atoms with E-state index in [9.17, 15) is 14.4 Å². The molecule has 1 amide bonds. The summed E-state index contributed by atoms with van der Waals surface area (Å²) >= 11 is 0. The van der Waals surface area contributed by atoms with Crippen molar-refractivity contribution < 1.29 is 23.9 Å². The summed E-state index contributed by atoms with van der Waals surface area (Å²) in [5.74, 6) is -1.44. The summed E-state index contributed by atoms with van der Waals surface area (Å²) in [6.07, 6.45) is 0. The third-order valence-corrected chi connectivity index (χ3v) is 4.43. The molecule has 0 aliphatic carbocycles. The maximum Gasteiger partial charge on any atom is 0.355 e. The molecule has 0 saturated heterocycles. The van der Waals surface area contributed by atoms with Crippen LogP contribution < -0.4 is 5.32 Å². The Balaban J connectivity index is 1.89. The van der Waals surface area contributed by atoms with E-state index in [2.05, 4.69) is 10.3 Å². The fourth-order valence-corrected chi connectivity index (χ4v) is 2.88. The monoisotopic (exact) mass is 386 g/mol. The minimum Gasteiger partial charge on any atom is -0.462 e. The molecule has 0 radical (unpaired) electrons. The van der Waals surface area contributed by atoms with Crippen LogP contribution in [0.4, 0.5) is 0 Å². The van der Waals surface area contributed by atoms with Crippen LogP contribution >= 0.6 is 0 Å². The van der Waals surface area contributed by atoms with E-state index in [1.165, 1.54) is 0 Å². The highest BCUT2D eigenvalue weighted by Gasteiger charge is 2.24. The van der Waals surface area contributed by atoms with Crippen molar-refractivity contribution in [3.05, 3.63) is 58.4 Å². The molecular weight excluding hydrogens is 360 g/mol. The van der Waals surface area contributed by atoms with Crippen LogP contribution in [-0.2, 0) is 14.3 Å². The molecule has 28 heavy (non-hydrogen) atoms. The van der Waals surface area contributed by atoms with Gasteiger partial charge in [-0.1, -0.05) is 37.3 Å². The lowest BCUT2D eigenvalue weighted by atomic mass is 10.0. The zero-order valence-corrected chi connectivity index (χ0v) is 16.6. The predicted molar refractivity (Wildman–Crippen MR) is 104 cm³/mol. The van der Waals surface area contributed by atoms with Crippen molar-refractivity contribution in [1.82, 2.24) is 10.3 Å². The Hall–Kier alpha value is -3.09. The zero-order valence-electron chi connectivity index (χ0n) is 16.6. The van der Waals surface area contributed by atoms with Gasteiger partial charge in [0.15, 0.2) is 6.61 Å². The zero-order chi connectivity index (χ0) is 20.7. The third kappa shape index (κ3) is 5.22. The fraction of sp³-hybridized carbons (Fsp3) is 0.381. The van der Waals surface area contributed by atoms with Crippen LogP contribution in [0.5, 0.6) is 0 Å². The Bertz CT molecular complexity index is 842. The molecule has 2 rings (SSSR count). The maximum atomic E-state index is 12.3. The van der Waals surface area contributed by atoms with E-state index < -0.39 is 18.5 Å². The Morgan fingerprint density at radius 3 is 2.39 bits per heavy atom. The van der Waals surface area contributed by atoms with Crippen molar-refractivity contribution >= 4 is 17.8 Å². The number of aromatic amines is 1. The van der Waals surface area contributed by atoms with Crippen LogP contribution in [0.25, 0.3) is 0 Å². The number of benzene rings is 1. The van der Waals surface area contributed by atoms with Crippen LogP contribution in [0.15, 0.2) is 30.3 Å². The first kappa shape index (κ1) is 21.2. The maximum absolute atomic E-state index is 12.3. The largest absolute Gasteiger partial charge is 0.462 e. The van der Waals surface area contributed by atoms with E-state index in [1.54, 1.807) is 20.8 Å². The Morgan fingerprint density at radius 1 is 1.07 bits per heavy atom. The average Bonchev–Trinajstić information content (AvgIpc) is 2.99. The first-order valence-electron chi connectivity index (χ1n) is 9.20. The molecule has 0 saturated carbocycles. The molecule has 1 atom stereocenters. The molecule has 7 heteroatoms. The molecule has 7 nitrogen and oxygen atoms in total. The van der Waals surface area contributed by atoms with Gasteiger partial charge in [-0.25, -0.2) is 9.59 Å². The van der Waals surface area contributed by atoms with Gasteiger partial charge in [-0.2, -0.15) is 0 Å². The second-order valence-electron chi connectivity index (χ2n) is 6.54. The molecule has 0 fully saturated rings. The second-order valence-corrected chi connectivity index (χ2v) is 6.54. The van der Waals surface area contributed by atoms with Crippen LogP contribution in [0.1, 0.15) is 57.4 Å². The molecular formula is C21H26N2O5. The fourth-order valence-electron chi connectivity index (χ4n) is 2.88. The van der Waals surface area contributed by atoms with E-state index in [0.29, 0.717) is 23.4 Å². The highest BCUT2D eigenvalue weighted by atomic mass is 16.5. The second kappa shape index (κ2) is 9.73. The van der Waals surface area contributed by atoms with E-state index in [4.69, 9.17) is 9.47 Å². The number of carbonyl (C=O) groups excluding carboxylic acids is 3. The molecule has 150 valence electrons. The smallest absolute Gasteiger partial charge is 0.355 e. The number of carbonyl (C=O) groups is 3. The quantitative estimate of drug-likeness (QED) is 0.680. The van der Waals surface area contributed by atoms with Crippen molar-refractivity contribution in [3.63, 3.8) is 0 Å². The van der Waals surface area contributed by atoms with Crippen LogP contribution in [-0.4, -0.2) is 42.6 Å². The number of amides is 1. The standard InChI is InChI=1S/C21H26N2O5/c1-5-27-20(25)18-14(3)19(23-15(18)4)21(26)28-12-17(24)22-11-13(2)16-9-7-6-8-10-16/h6-10,13,23H,5,11-12H2,1-4H3,(H,22,24)/t13-/m0/s1. The number of rotatable bonds is 8. The number of esters is 2. The van der Waals surface area contributed by atoms with E-state index in [-0.39, 0.29) is 24.1 Å². The summed E-state index contributed by atoms with van der Waals surface area (Å²) < 4.78 is 10.1.